The molecule has 1 N–H and O–H groups in total. The average molecular weight is 552 g/mol. The molecule has 206 valence electrons. The normalized spacial score (nSPS) is 14.5. The number of hydrogen-bond acceptors (Lipinski definition) is 4. The van der Waals surface area contributed by atoms with E-state index in [-0.39, 0.29) is 29.1 Å². The minimum absolute atomic E-state index is 0.0606. The van der Waals surface area contributed by atoms with Gasteiger partial charge in [0.15, 0.2) is 0 Å². The Kier molecular flexibility index (Phi) is 9.01. The number of benzene rings is 3. The summed E-state index contributed by atoms with van der Waals surface area (Å²) in [7, 11) is -4.31. The molecule has 39 heavy (non-hydrogen) atoms. The van der Waals surface area contributed by atoms with E-state index in [9.17, 15) is 22.4 Å². The molecule has 0 aliphatic heterocycles. The van der Waals surface area contributed by atoms with Gasteiger partial charge in [-0.3, -0.25) is 13.9 Å². The van der Waals surface area contributed by atoms with Crippen LogP contribution in [0.15, 0.2) is 83.8 Å². The Morgan fingerprint density at radius 1 is 0.949 bits per heavy atom. The molecule has 1 aliphatic rings. The molecule has 9 heteroatoms. The SMILES string of the molecule is Cc1ccc(S(=O)(=O)N(CC(=O)N(Cc2ccccc2)[C@@H](C)C(=O)NC2CCCC2)c2ccccc2F)cc1. The third-order valence-electron chi connectivity index (χ3n) is 7.07. The van der Waals surface area contributed by atoms with Gasteiger partial charge in [-0.1, -0.05) is 73.0 Å². The highest BCUT2D eigenvalue weighted by Gasteiger charge is 2.34. The molecular formula is C30H34FN3O4S. The van der Waals surface area contributed by atoms with Crippen LogP contribution in [0.25, 0.3) is 0 Å². The molecule has 1 fully saturated rings. The van der Waals surface area contributed by atoms with Crippen LogP contribution in [-0.4, -0.2) is 43.8 Å². The van der Waals surface area contributed by atoms with E-state index in [1.165, 1.54) is 35.2 Å². The van der Waals surface area contributed by atoms with Gasteiger partial charge in [0.25, 0.3) is 10.0 Å². The Bertz CT molecular complexity index is 1390. The van der Waals surface area contributed by atoms with Crippen LogP contribution < -0.4 is 9.62 Å². The topological polar surface area (TPSA) is 86.8 Å². The monoisotopic (exact) mass is 551 g/mol. The summed E-state index contributed by atoms with van der Waals surface area (Å²) in [6.07, 6.45) is 3.86. The van der Waals surface area contributed by atoms with Gasteiger partial charge in [0.2, 0.25) is 11.8 Å². The number of anilines is 1. The van der Waals surface area contributed by atoms with Gasteiger partial charge in [-0.15, -0.1) is 0 Å². The van der Waals surface area contributed by atoms with Gasteiger partial charge < -0.3 is 10.2 Å². The molecule has 0 aromatic heterocycles. The lowest BCUT2D eigenvalue weighted by Crippen LogP contribution is -2.52. The van der Waals surface area contributed by atoms with Crippen molar-refractivity contribution >= 4 is 27.5 Å². The van der Waals surface area contributed by atoms with Crippen molar-refractivity contribution < 1.29 is 22.4 Å². The van der Waals surface area contributed by atoms with Crippen molar-refractivity contribution in [3.8, 4) is 0 Å². The molecule has 3 aromatic carbocycles. The summed E-state index contributed by atoms with van der Waals surface area (Å²) in [6, 6.07) is 20.0. The minimum atomic E-state index is -4.31. The highest BCUT2D eigenvalue weighted by molar-refractivity contribution is 7.92. The number of rotatable bonds is 10. The number of nitrogens with zero attached hydrogens (tertiary/aromatic N) is 2. The molecule has 0 bridgehead atoms. The standard InChI is InChI=1S/C30H34FN3O4S/c1-22-16-18-26(19-17-22)39(37,38)34(28-15-9-8-14-27(28)31)21-29(35)33(20-24-10-4-3-5-11-24)23(2)30(36)32-25-12-6-7-13-25/h3-5,8-11,14-19,23,25H,6-7,12-13,20-21H2,1-2H3,(H,32,36)/t23-/m0/s1. The van der Waals surface area contributed by atoms with Crippen molar-refractivity contribution in [1.29, 1.82) is 0 Å². The van der Waals surface area contributed by atoms with Crippen LogP contribution >= 0.6 is 0 Å². The summed E-state index contributed by atoms with van der Waals surface area (Å²) in [5.74, 6) is -1.69. The second kappa shape index (κ2) is 12.4. The number of nitrogens with one attached hydrogen (secondary N) is 1. The number of carbonyl (C=O) groups is 2. The van der Waals surface area contributed by atoms with E-state index in [1.54, 1.807) is 19.1 Å². The Morgan fingerprint density at radius 3 is 2.21 bits per heavy atom. The fraction of sp³-hybridized carbons (Fsp3) is 0.333. The molecule has 0 unspecified atom stereocenters. The minimum Gasteiger partial charge on any atom is -0.352 e. The van der Waals surface area contributed by atoms with E-state index in [0.717, 1.165) is 47.2 Å². The highest BCUT2D eigenvalue weighted by Crippen LogP contribution is 2.27. The molecule has 7 nitrogen and oxygen atoms in total. The van der Waals surface area contributed by atoms with Crippen LogP contribution in [0.5, 0.6) is 0 Å². The van der Waals surface area contributed by atoms with Crippen LogP contribution in [0, 0.1) is 12.7 Å². The zero-order chi connectivity index (χ0) is 28.0. The van der Waals surface area contributed by atoms with Crippen LogP contribution in [0.2, 0.25) is 0 Å². The number of hydrogen-bond donors (Lipinski definition) is 1. The number of halogens is 1. The second-order valence-corrected chi connectivity index (χ2v) is 11.8. The van der Waals surface area contributed by atoms with Gasteiger partial charge in [-0.25, -0.2) is 12.8 Å². The van der Waals surface area contributed by atoms with Crippen molar-refractivity contribution in [2.75, 3.05) is 10.8 Å². The van der Waals surface area contributed by atoms with Crippen molar-refractivity contribution in [3.05, 3.63) is 95.8 Å². The van der Waals surface area contributed by atoms with Crippen LogP contribution in [0.1, 0.15) is 43.7 Å². The first kappa shape index (κ1) is 28.3. The molecular weight excluding hydrogens is 517 g/mol. The van der Waals surface area contributed by atoms with Crippen LogP contribution in [0.3, 0.4) is 0 Å². The summed E-state index contributed by atoms with van der Waals surface area (Å²) in [5, 5.41) is 3.03. The quantitative estimate of drug-likeness (QED) is 0.392. The maximum Gasteiger partial charge on any atom is 0.264 e. The first-order valence-corrected chi connectivity index (χ1v) is 14.6. The van der Waals surface area contributed by atoms with Crippen LogP contribution in [0.4, 0.5) is 10.1 Å². The first-order chi connectivity index (χ1) is 18.7. The number of amides is 2. The molecule has 0 heterocycles. The van der Waals surface area contributed by atoms with Gasteiger partial charge >= 0.3 is 0 Å². The van der Waals surface area contributed by atoms with E-state index in [2.05, 4.69) is 5.32 Å². The van der Waals surface area contributed by atoms with E-state index < -0.39 is 34.3 Å². The average Bonchev–Trinajstić information content (AvgIpc) is 3.44. The second-order valence-electron chi connectivity index (χ2n) is 9.95. The Balaban J connectivity index is 1.68. The number of sulfonamides is 1. The van der Waals surface area contributed by atoms with Crippen molar-refractivity contribution in [3.63, 3.8) is 0 Å². The van der Waals surface area contributed by atoms with E-state index >= 15 is 0 Å². The zero-order valence-electron chi connectivity index (χ0n) is 22.2. The summed E-state index contributed by atoms with van der Waals surface area (Å²) in [4.78, 5) is 28.4. The maximum atomic E-state index is 15.0. The Morgan fingerprint density at radius 2 is 1.56 bits per heavy atom. The van der Waals surface area contributed by atoms with E-state index in [1.807, 2.05) is 37.3 Å². The number of aryl methyl sites for hydroxylation is 1. The third kappa shape index (κ3) is 6.84. The molecule has 1 atom stereocenters. The van der Waals surface area contributed by atoms with Crippen molar-refractivity contribution in [2.45, 2.75) is 63.1 Å². The predicted octanol–water partition coefficient (Wildman–Crippen LogP) is 4.81. The van der Waals surface area contributed by atoms with Gasteiger partial charge in [0.1, 0.15) is 18.4 Å². The fourth-order valence-electron chi connectivity index (χ4n) is 4.76. The van der Waals surface area contributed by atoms with Gasteiger partial charge in [0.05, 0.1) is 10.6 Å². The molecule has 2 amide bonds. The molecule has 3 aromatic rings. The lowest BCUT2D eigenvalue weighted by atomic mass is 10.1. The molecule has 0 saturated heterocycles. The molecule has 4 rings (SSSR count). The summed E-state index contributed by atoms with van der Waals surface area (Å²) < 4.78 is 43.3. The Labute approximate surface area is 229 Å². The maximum absolute atomic E-state index is 15.0. The smallest absolute Gasteiger partial charge is 0.264 e. The Hall–Kier alpha value is -3.72. The zero-order valence-corrected chi connectivity index (χ0v) is 23.0. The van der Waals surface area contributed by atoms with Gasteiger partial charge in [-0.05, 0) is 56.5 Å². The number of carbonyl (C=O) groups excluding carboxylic acids is 2. The van der Waals surface area contributed by atoms with Crippen LogP contribution in [-0.2, 0) is 26.2 Å². The molecule has 1 saturated carbocycles. The first-order valence-electron chi connectivity index (χ1n) is 13.1. The summed E-state index contributed by atoms with van der Waals surface area (Å²) >= 11 is 0. The lowest BCUT2D eigenvalue weighted by Gasteiger charge is -2.32. The highest BCUT2D eigenvalue weighted by atomic mass is 32.2. The van der Waals surface area contributed by atoms with Gasteiger partial charge in [0, 0.05) is 12.6 Å². The van der Waals surface area contributed by atoms with Crippen molar-refractivity contribution in [2.24, 2.45) is 0 Å². The largest absolute Gasteiger partial charge is 0.352 e. The summed E-state index contributed by atoms with van der Waals surface area (Å²) in [5.41, 5.74) is 1.40. The lowest BCUT2D eigenvalue weighted by molar-refractivity contribution is -0.139. The third-order valence-corrected chi connectivity index (χ3v) is 8.85. The number of para-hydroxylation sites is 1. The molecule has 1 aliphatic carbocycles. The predicted molar refractivity (Wildman–Crippen MR) is 149 cm³/mol. The van der Waals surface area contributed by atoms with E-state index in [0.29, 0.717) is 0 Å². The molecule has 0 spiro atoms. The molecule has 0 radical (unpaired) electrons. The van der Waals surface area contributed by atoms with E-state index in [4.69, 9.17) is 0 Å². The summed E-state index contributed by atoms with van der Waals surface area (Å²) in [6.45, 7) is 2.88. The fourth-order valence-corrected chi connectivity index (χ4v) is 6.18. The van der Waals surface area contributed by atoms with Crippen molar-refractivity contribution in [1.82, 2.24) is 10.2 Å². The van der Waals surface area contributed by atoms with Gasteiger partial charge in [-0.2, -0.15) is 0 Å².